The number of methoxy groups -OCH3 is 1. The summed E-state index contributed by atoms with van der Waals surface area (Å²) in [4.78, 5) is 0. The molecule has 1 aromatic rings. The van der Waals surface area contributed by atoms with E-state index in [-0.39, 0.29) is 11.8 Å². The summed E-state index contributed by atoms with van der Waals surface area (Å²) in [5, 5.41) is 0. The fraction of sp³-hybridized carbons (Fsp3) is 0.538. The van der Waals surface area contributed by atoms with Crippen molar-refractivity contribution in [2.24, 2.45) is 5.73 Å². The van der Waals surface area contributed by atoms with Crippen molar-refractivity contribution in [1.29, 1.82) is 0 Å². The third-order valence-electron chi connectivity index (χ3n) is 2.63. The van der Waals surface area contributed by atoms with E-state index in [2.05, 4.69) is 0 Å². The van der Waals surface area contributed by atoms with Gasteiger partial charge in [-0.05, 0) is 19.4 Å². The van der Waals surface area contributed by atoms with Crippen LogP contribution in [0.25, 0.3) is 0 Å². The number of hydrogen-bond acceptors (Lipinski definition) is 5. The van der Waals surface area contributed by atoms with Crippen LogP contribution in [-0.4, -0.2) is 34.1 Å². The van der Waals surface area contributed by atoms with Gasteiger partial charge in [-0.3, -0.25) is 0 Å². The Labute approximate surface area is 114 Å². The lowest BCUT2D eigenvalue weighted by molar-refractivity contribution is 0.310. The van der Waals surface area contributed by atoms with E-state index in [1.54, 1.807) is 13.2 Å². The molecule has 1 rings (SSSR count). The summed E-state index contributed by atoms with van der Waals surface area (Å²) >= 11 is 0. The van der Waals surface area contributed by atoms with E-state index in [9.17, 15) is 8.42 Å². The summed E-state index contributed by atoms with van der Waals surface area (Å²) in [6, 6.07) is 5.28. The molecular weight excluding hydrogens is 266 g/mol. The van der Waals surface area contributed by atoms with Crippen molar-refractivity contribution in [1.82, 2.24) is 0 Å². The van der Waals surface area contributed by atoms with Gasteiger partial charge in [0.25, 0.3) is 0 Å². The Balaban J connectivity index is 2.70. The van der Waals surface area contributed by atoms with Crippen LogP contribution in [-0.2, 0) is 9.84 Å². The molecule has 0 aliphatic heterocycles. The second kappa shape index (κ2) is 6.77. The first-order valence-corrected chi connectivity index (χ1v) is 8.13. The summed E-state index contributed by atoms with van der Waals surface area (Å²) in [5.41, 5.74) is 6.74. The lowest BCUT2D eigenvalue weighted by Crippen LogP contribution is -2.11. The topological polar surface area (TPSA) is 78.6 Å². The molecule has 0 aliphatic carbocycles. The van der Waals surface area contributed by atoms with Crippen LogP contribution in [0, 0.1) is 0 Å². The first-order chi connectivity index (χ1) is 8.83. The van der Waals surface area contributed by atoms with E-state index in [1.165, 1.54) is 6.26 Å². The molecule has 0 bridgehead atoms. The van der Waals surface area contributed by atoms with Crippen molar-refractivity contribution in [3.8, 4) is 11.5 Å². The molecular formula is C13H21NO4S. The van der Waals surface area contributed by atoms with Gasteiger partial charge in [-0.2, -0.15) is 0 Å². The van der Waals surface area contributed by atoms with Gasteiger partial charge in [0, 0.05) is 23.9 Å². The van der Waals surface area contributed by atoms with Gasteiger partial charge in [0.05, 0.1) is 19.5 Å². The number of nitrogens with two attached hydrogens (primary N) is 1. The molecule has 5 nitrogen and oxygen atoms in total. The molecule has 6 heteroatoms. The van der Waals surface area contributed by atoms with Crippen LogP contribution in [0.3, 0.4) is 0 Å². The first-order valence-electron chi connectivity index (χ1n) is 6.07. The van der Waals surface area contributed by atoms with Crippen LogP contribution in [0.1, 0.15) is 24.9 Å². The van der Waals surface area contributed by atoms with Crippen LogP contribution in [0.5, 0.6) is 11.5 Å². The summed E-state index contributed by atoms with van der Waals surface area (Å²) in [6.45, 7) is 2.20. The minimum absolute atomic E-state index is 0.116. The monoisotopic (exact) mass is 287 g/mol. The van der Waals surface area contributed by atoms with Crippen LogP contribution in [0.2, 0.25) is 0 Å². The maximum atomic E-state index is 11.0. The highest BCUT2D eigenvalue weighted by Crippen LogP contribution is 2.28. The summed E-state index contributed by atoms with van der Waals surface area (Å²) in [7, 11) is -1.37. The number of sulfone groups is 1. The second-order valence-electron chi connectivity index (χ2n) is 4.52. The lowest BCUT2D eigenvalue weighted by atomic mass is 10.1. The standard InChI is InChI=1S/C13H21NO4S/c1-10(14)12-6-5-11(17-2)9-13(12)18-7-4-8-19(3,15)16/h5-6,9-10H,4,7-8,14H2,1-3H3/t10-/m1/s1. The molecule has 0 fully saturated rings. The summed E-state index contributed by atoms with van der Waals surface area (Å²) in [6.07, 6.45) is 1.67. The second-order valence-corrected chi connectivity index (χ2v) is 6.78. The van der Waals surface area contributed by atoms with Gasteiger partial charge in [0.1, 0.15) is 21.3 Å². The molecule has 0 saturated heterocycles. The molecule has 0 amide bonds. The Kier molecular flexibility index (Phi) is 5.62. The first kappa shape index (κ1) is 15.8. The van der Waals surface area contributed by atoms with Crippen molar-refractivity contribution in [2.45, 2.75) is 19.4 Å². The van der Waals surface area contributed by atoms with Crippen LogP contribution in [0.15, 0.2) is 18.2 Å². The molecule has 0 unspecified atom stereocenters. The highest BCUT2D eigenvalue weighted by atomic mass is 32.2. The van der Waals surface area contributed by atoms with E-state index >= 15 is 0 Å². The molecule has 108 valence electrons. The molecule has 19 heavy (non-hydrogen) atoms. The number of benzene rings is 1. The molecule has 1 aromatic carbocycles. The van der Waals surface area contributed by atoms with E-state index in [4.69, 9.17) is 15.2 Å². The van der Waals surface area contributed by atoms with E-state index in [0.717, 1.165) is 5.56 Å². The Morgan fingerprint density at radius 3 is 2.58 bits per heavy atom. The van der Waals surface area contributed by atoms with Crippen molar-refractivity contribution in [3.63, 3.8) is 0 Å². The average molecular weight is 287 g/mol. The van der Waals surface area contributed by atoms with Gasteiger partial charge in [-0.25, -0.2) is 8.42 Å². The molecule has 0 spiro atoms. The third-order valence-corrected chi connectivity index (χ3v) is 3.66. The zero-order chi connectivity index (χ0) is 14.5. The van der Waals surface area contributed by atoms with Crippen LogP contribution >= 0.6 is 0 Å². The van der Waals surface area contributed by atoms with Gasteiger partial charge in [0.15, 0.2) is 0 Å². The van der Waals surface area contributed by atoms with E-state index in [0.29, 0.717) is 24.5 Å². The molecule has 0 heterocycles. The number of rotatable bonds is 7. The normalized spacial score (nSPS) is 13.1. The maximum absolute atomic E-state index is 11.0. The molecule has 1 atom stereocenters. The van der Waals surface area contributed by atoms with Crippen molar-refractivity contribution < 1.29 is 17.9 Å². The zero-order valence-electron chi connectivity index (χ0n) is 11.5. The van der Waals surface area contributed by atoms with Crippen molar-refractivity contribution in [3.05, 3.63) is 23.8 Å². The van der Waals surface area contributed by atoms with Gasteiger partial charge in [0.2, 0.25) is 0 Å². The fourth-order valence-corrected chi connectivity index (χ4v) is 2.29. The van der Waals surface area contributed by atoms with Gasteiger partial charge in [-0.1, -0.05) is 6.07 Å². The van der Waals surface area contributed by atoms with Crippen LogP contribution < -0.4 is 15.2 Å². The highest BCUT2D eigenvalue weighted by molar-refractivity contribution is 7.90. The Morgan fingerprint density at radius 1 is 1.37 bits per heavy atom. The molecule has 0 radical (unpaired) electrons. The molecule has 0 aliphatic rings. The zero-order valence-corrected chi connectivity index (χ0v) is 12.4. The Morgan fingerprint density at radius 2 is 2.05 bits per heavy atom. The molecule has 0 saturated carbocycles. The lowest BCUT2D eigenvalue weighted by Gasteiger charge is -2.15. The fourth-order valence-electron chi connectivity index (χ4n) is 1.65. The third kappa shape index (κ3) is 5.48. The predicted octanol–water partition coefficient (Wildman–Crippen LogP) is 1.53. The van der Waals surface area contributed by atoms with Crippen LogP contribution in [0.4, 0.5) is 0 Å². The quantitative estimate of drug-likeness (QED) is 0.769. The minimum atomic E-state index is -2.95. The predicted molar refractivity (Wildman–Crippen MR) is 75.4 cm³/mol. The van der Waals surface area contributed by atoms with E-state index < -0.39 is 9.84 Å². The largest absolute Gasteiger partial charge is 0.497 e. The van der Waals surface area contributed by atoms with Gasteiger partial charge in [-0.15, -0.1) is 0 Å². The van der Waals surface area contributed by atoms with Gasteiger partial charge < -0.3 is 15.2 Å². The summed E-state index contributed by atoms with van der Waals surface area (Å²) in [5.74, 6) is 1.44. The molecule has 2 N–H and O–H groups in total. The minimum Gasteiger partial charge on any atom is -0.497 e. The Bertz CT molecular complexity index is 511. The van der Waals surface area contributed by atoms with E-state index in [1.807, 2.05) is 19.1 Å². The Hall–Kier alpha value is -1.27. The van der Waals surface area contributed by atoms with Crippen molar-refractivity contribution >= 4 is 9.84 Å². The SMILES string of the molecule is COc1ccc([C@@H](C)N)c(OCCCS(C)(=O)=O)c1. The number of ether oxygens (including phenoxy) is 2. The highest BCUT2D eigenvalue weighted by Gasteiger charge is 2.10. The average Bonchev–Trinajstić information content (AvgIpc) is 2.33. The summed E-state index contributed by atoms with van der Waals surface area (Å²) < 4.78 is 32.8. The maximum Gasteiger partial charge on any atom is 0.147 e. The molecule has 0 aromatic heterocycles. The smallest absolute Gasteiger partial charge is 0.147 e. The number of hydrogen-bond donors (Lipinski definition) is 1. The van der Waals surface area contributed by atoms with Gasteiger partial charge >= 0.3 is 0 Å². The van der Waals surface area contributed by atoms with Crippen molar-refractivity contribution in [2.75, 3.05) is 25.7 Å².